The lowest BCUT2D eigenvalue weighted by Crippen LogP contribution is -2.00. The highest BCUT2D eigenvalue weighted by atomic mass is 35.5. The van der Waals surface area contributed by atoms with E-state index >= 15 is 0 Å². The number of hydrogen-bond acceptors (Lipinski definition) is 2. The van der Waals surface area contributed by atoms with Crippen molar-refractivity contribution < 1.29 is 0 Å². The van der Waals surface area contributed by atoms with Crippen LogP contribution in [0, 0.1) is 0 Å². The highest BCUT2D eigenvalue weighted by Crippen LogP contribution is 2.24. The van der Waals surface area contributed by atoms with Crippen LogP contribution in [0.5, 0.6) is 0 Å². The zero-order chi connectivity index (χ0) is 14.7. The van der Waals surface area contributed by atoms with Gasteiger partial charge < -0.3 is 5.32 Å². The summed E-state index contributed by atoms with van der Waals surface area (Å²) in [4.78, 5) is 4.34. The molecule has 0 aliphatic rings. The second-order valence-corrected chi connectivity index (χ2v) is 5.53. The maximum absolute atomic E-state index is 6.00. The van der Waals surface area contributed by atoms with Crippen molar-refractivity contribution in [3.8, 4) is 0 Å². The van der Waals surface area contributed by atoms with Crippen molar-refractivity contribution in [3.05, 3.63) is 70.9 Å². The molecular formula is C17H14Cl2N2. The number of rotatable bonds is 4. The van der Waals surface area contributed by atoms with Gasteiger partial charge in [0, 0.05) is 34.7 Å². The van der Waals surface area contributed by atoms with Crippen molar-refractivity contribution in [2.45, 2.75) is 12.4 Å². The molecule has 0 aliphatic carbocycles. The molecule has 4 heteroatoms. The molecule has 1 heterocycles. The van der Waals surface area contributed by atoms with Gasteiger partial charge in [-0.25, -0.2) is 0 Å². The SMILES string of the molecule is ClCc1cccc(CNc2ccnc3cc(Cl)ccc23)c1. The number of fused-ring (bicyclic) bond motifs is 1. The van der Waals surface area contributed by atoms with Gasteiger partial charge >= 0.3 is 0 Å². The molecule has 21 heavy (non-hydrogen) atoms. The molecule has 2 aromatic carbocycles. The standard InChI is InChI=1S/C17H14Cl2N2/c18-10-12-2-1-3-13(8-12)11-21-16-6-7-20-17-9-14(19)4-5-15(16)17/h1-9H,10-11H2,(H,20,21). The molecule has 3 rings (SSSR count). The fourth-order valence-electron chi connectivity index (χ4n) is 2.30. The lowest BCUT2D eigenvalue weighted by molar-refractivity contribution is 1.14. The van der Waals surface area contributed by atoms with E-state index in [1.807, 2.05) is 36.4 Å². The summed E-state index contributed by atoms with van der Waals surface area (Å²) in [7, 11) is 0. The third kappa shape index (κ3) is 3.29. The molecular weight excluding hydrogens is 303 g/mol. The minimum atomic E-state index is 0.532. The van der Waals surface area contributed by atoms with E-state index in [-0.39, 0.29) is 0 Å². The topological polar surface area (TPSA) is 24.9 Å². The van der Waals surface area contributed by atoms with Crippen LogP contribution in [0.4, 0.5) is 5.69 Å². The van der Waals surface area contributed by atoms with Crippen LogP contribution in [0.1, 0.15) is 11.1 Å². The highest BCUT2D eigenvalue weighted by Gasteiger charge is 2.03. The van der Waals surface area contributed by atoms with Crippen LogP contribution in [0.3, 0.4) is 0 Å². The first-order valence-electron chi connectivity index (χ1n) is 6.68. The van der Waals surface area contributed by atoms with Crippen LogP contribution >= 0.6 is 23.2 Å². The van der Waals surface area contributed by atoms with E-state index in [1.165, 1.54) is 5.56 Å². The van der Waals surface area contributed by atoms with Crippen molar-refractivity contribution in [1.82, 2.24) is 4.98 Å². The normalized spacial score (nSPS) is 10.8. The van der Waals surface area contributed by atoms with E-state index in [0.29, 0.717) is 10.9 Å². The first kappa shape index (κ1) is 14.2. The van der Waals surface area contributed by atoms with Gasteiger partial charge in [-0.3, -0.25) is 4.98 Å². The summed E-state index contributed by atoms with van der Waals surface area (Å²) in [5.41, 5.74) is 4.27. The van der Waals surface area contributed by atoms with Gasteiger partial charge in [-0.15, -0.1) is 11.6 Å². The number of benzene rings is 2. The summed E-state index contributed by atoms with van der Waals surface area (Å²) in [6.07, 6.45) is 1.79. The van der Waals surface area contributed by atoms with Gasteiger partial charge in [-0.05, 0) is 35.4 Å². The Hall–Kier alpha value is -1.77. The van der Waals surface area contributed by atoms with Crippen LogP contribution in [0.15, 0.2) is 54.7 Å². The Morgan fingerprint density at radius 3 is 2.71 bits per heavy atom. The van der Waals surface area contributed by atoms with Crippen molar-refractivity contribution in [2.24, 2.45) is 0 Å². The predicted molar refractivity (Wildman–Crippen MR) is 90.1 cm³/mol. The van der Waals surface area contributed by atoms with Gasteiger partial charge in [0.15, 0.2) is 0 Å². The van der Waals surface area contributed by atoms with E-state index in [0.717, 1.165) is 28.7 Å². The Bertz CT molecular complexity index is 772. The van der Waals surface area contributed by atoms with Gasteiger partial charge in [0.25, 0.3) is 0 Å². The first-order valence-corrected chi connectivity index (χ1v) is 7.59. The second-order valence-electron chi connectivity index (χ2n) is 4.83. The number of hydrogen-bond donors (Lipinski definition) is 1. The van der Waals surface area contributed by atoms with E-state index in [2.05, 4.69) is 22.4 Å². The Morgan fingerprint density at radius 1 is 1.00 bits per heavy atom. The molecule has 0 spiro atoms. The Labute approximate surface area is 133 Å². The third-order valence-electron chi connectivity index (χ3n) is 3.33. The maximum Gasteiger partial charge on any atom is 0.0737 e. The molecule has 106 valence electrons. The summed E-state index contributed by atoms with van der Waals surface area (Å²) < 4.78 is 0. The fourth-order valence-corrected chi connectivity index (χ4v) is 2.63. The van der Waals surface area contributed by atoms with E-state index in [9.17, 15) is 0 Å². The summed E-state index contributed by atoms with van der Waals surface area (Å²) in [5, 5.41) is 5.21. The average molecular weight is 317 g/mol. The smallest absolute Gasteiger partial charge is 0.0737 e. The zero-order valence-electron chi connectivity index (χ0n) is 11.3. The second kappa shape index (κ2) is 6.33. The zero-order valence-corrected chi connectivity index (χ0v) is 12.8. The molecule has 0 saturated heterocycles. The monoisotopic (exact) mass is 316 g/mol. The summed E-state index contributed by atoms with van der Waals surface area (Å²) in [5.74, 6) is 0.532. The van der Waals surface area contributed by atoms with Gasteiger partial charge in [0.2, 0.25) is 0 Å². The fraction of sp³-hybridized carbons (Fsp3) is 0.118. The molecule has 0 radical (unpaired) electrons. The predicted octanol–water partition coefficient (Wildman–Crippen LogP) is 5.24. The minimum Gasteiger partial charge on any atom is -0.380 e. The number of anilines is 1. The van der Waals surface area contributed by atoms with Crippen LogP contribution in [-0.2, 0) is 12.4 Å². The van der Waals surface area contributed by atoms with Gasteiger partial charge in [0.05, 0.1) is 5.52 Å². The lowest BCUT2D eigenvalue weighted by atomic mass is 10.1. The molecule has 0 amide bonds. The number of nitrogens with one attached hydrogen (secondary N) is 1. The molecule has 0 fully saturated rings. The summed E-state index contributed by atoms with van der Waals surface area (Å²) in [6.45, 7) is 0.743. The van der Waals surface area contributed by atoms with Gasteiger partial charge in [-0.2, -0.15) is 0 Å². The van der Waals surface area contributed by atoms with Crippen LogP contribution < -0.4 is 5.32 Å². The first-order chi connectivity index (χ1) is 10.3. The molecule has 0 saturated carbocycles. The molecule has 3 aromatic rings. The molecule has 0 bridgehead atoms. The van der Waals surface area contributed by atoms with E-state index < -0.39 is 0 Å². The van der Waals surface area contributed by atoms with Gasteiger partial charge in [0.1, 0.15) is 0 Å². The third-order valence-corrected chi connectivity index (χ3v) is 3.88. The van der Waals surface area contributed by atoms with Crippen LogP contribution in [0.25, 0.3) is 10.9 Å². The Balaban J connectivity index is 1.84. The van der Waals surface area contributed by atoms with Gasteiger partial charge in [-0.1, -0.05) is 35.9 Å². The van der Waals surface area contributed by atoms with Crippen LogP contribution in [-0.4, -0.2) is 4.98 Å². The molecule has 2 nitrogen and oxygen atoms in total. The Kier molecular flexibility index (Phi) is 4.28. The largest absolute Gasteiger partial charge is 0.380 e. The van der Waals surface area contributed by atoms with Crippen molar-refractivity contribution in [2.75, 3.05) is 5.32 Å². The molecule has 0 aliphatic heterocycles. The number of nitrogens with zero attached hydrogens (tertiary/aromatic N) is 1. The molecule has 1 aromatic heterocycles. The van der Waals surface area contributed by atoms with Crippen LogP contribution in [0.2, 0.25) is 5.02 Å². The lowest BCUT2D eigenvalue weighted by Gasteiger charge is -2.10. The number of pyridine rings is 1. The summed E-state index contributed by atoms with van der Waals surface area (Å²) in [6, 6.07) is 16.0. The summed E-state index contributed by atoms with van der Waals surface area (Å²) >= 11 is 11.9. The van der Waals surface area contributed by atoms with E-state index in [4.69, 9.17) is 23.2 Å². The highest BCUT2D eigenvalue weighted by molar-refractivity contribution is 6.31. The Morgan fingerprint density at radius 2 is 1.86 bits per heavy atom. The number of aromatic nitrogens is 1. The van der Waals surface area contributed by atoms with E-state index in [1.54, 1.807) is 6.20 Å². The number of halogens is 2. The van der Waals surface area contributed by atoms with Crippen molar-refractivity contribution >= 4 is 39.8 Å². The molecule has 1 N–H and O–H groups in total. The van der Waals surface area contributed by atoms with Crippen molar-refractivity contribution in [3.63, 3.8) is 0 Å². The quantitative estimate of drug-likeness (QED) is 0.666. The molecule has 0 unspecified atom stereocenters. The maximum atomic E-state index is 6.00. The van der Waals surface area contributed by atoms with Crippen molar-refractivity contribution in [1.29, 1.82) is 0 Å². The number of alkyl halides is 1. The molecule has 0 atom stereocenters. The minimum absolute atomic E-state index is 0.532. The average Bonchev–Trinajstić information content (AvgIpc) is 2.52.